The fourth-order valence-electron chi connectivity index (χ4n) is 0.644. The Kier molecular flexibility index (Phi) is 4.60. The van der Waals surface area contributed by atoms with Gasteiger partial charge in [0.15, 0.2) is 0 Å². The van der Waals surface area contributed by atoms with Crippen molar-refractivity contribution >= 4 is 11.9 Å². The van der Waals surface area contributed by atoms with Gasteiger partial charge < -0.3 is 0 Å². The van der Waals surface area contributed by atoms with E-state index in [-0.39, 0.29) is 5.54 Å². The van der Waals surface area contributed by atoms with Gasteiger partial charge in [-0.1, -0.05) is 13.5 Å². The highest BCUT2D eigenvalue weighted by Gasteiger charge is 2.04. The van der Waals surface area contributed by atoms with Crippen LogP contribution in [0.3, 0.4) is 0 Å². The lowest BCUT2D eigenvalue weighted by Crippen LogP contribution is -2.11. The lowest BCUT2D eigenvalue weighted by molar-refractivity contribution is 0.587. The molecule has 74 valence electrons. The minimum atomic E-state index is -0.0235. The van der Waals surface area contributed by atoms with Gasteiger partial charge in [0.25, 0.3) is 0 Å². The largest absolute Gasteiger partial charge is 0.286 e. The Labute approximate surface area is 81.5 Å². The van der Waals surface area contributed by atoms with Gasteiger partial charge in [-0.25, -0.2) is 0 Å². The van der Waals surface area contributed by atoms with Gasteiger partial charge in [0, 0.05) is 11.9 Å². The van der Waals surface area contributed by atoms with Crippen molar-refractivity contribution in [3.8, 4) is 0 Å². The van der Waals surface area contributed by atoms with Gasteiger partial charge in [-0.15, -0.1) is 0 Å². The number of allylic oxidation sites excluding steroid dienone is 1. The summed E-state index contributed by atoms with van der Waals surface area (Å²) in [5.41, 5.74) is 1.80. The predicted molar refractivity (Wildman–Crippen MR) is 60.8 cm³/mol. The third kappa shape index (κ3) is 7.44. The van der Waals surface area contributed by atoms with E-state index in [2.05, 4.69) is 37.3 Å². The summed E-state index contributed by atoms with van der Waals surface area (Å²) in [6.45, 7) is 14.0. The third-order valence-corrected chi connectivity index (χ3v) is 1.38. The van der Waals surface area contributed by atoms with Gasteiger partial charge in [0.05, 0.1) is 11.3 Å². The summed E-state index contributed by atoms with van der Waals surface area (Å²) in [5, 5.41) is 0. The topological polar surface area (TPSA) is 24.7 Å². The van der Waals surface area contributed by atoms with Gasteiger partial charge in [0.2, 0.25) is 0 Å². The maximum Gasteiger partial charge on any atom is 0.0553 e. The van der Waals surface area contributed by atoms with Crippen molar-refractivity contribution in [2.75, 3.05) is 0 Å². The minimum Gasteiger partial charge on any atom is -0.286 e. The Morgan fingerprint density at radius 3 is 2.31 bits per heavy atom. The summed E-state index contributed by atoms with van der Waals surface area (Å²) in [6, 6.07) is 0. The van der Waals surface area contributed by atoms with Gasteiger partial charge >= 0.3 is 0 Å². The first kappa shape index (κ1) is 12.1. The summed E-state index contributed by atoms with van der Waals surface area (Å²) in [7, 11) is 0. The maximum atomic E-state index is 4.35. The van der Waals surface area contributed by atoms with Crippen molar-refractivity contribution in [1.29, 1.82) is 0 Å². The Hall–Kier alpha value is -0.920. The van der Waals surface area contributed by atoms with E-state index in [0.717, 1.165) is 17.8 Å². The number of hydrogen-bond donors (Lipinski definition) is 0. The van der Waals surface area contributed by atoms with E-state index in [4.69, 9.17) is 0 Å². The molecule has 0 saturated heterocycles. The lowest BCUT2D eigenvalue weighted by atomic mass is 10.1. The number of nitrogens with zero attached hydrogens (tertiary/aromatic N) is 2. The predicted octanol–water partition coefficient (Wildman–Crippen LogP) is 3.24. The average molecular weight is 180 g/mol. The molecule has 0 bridgehead atoms. The molecule has 2 heteroatoms. The molecular weight excluding hydrogens is 160 g/mol. The van der Waals surface area contributed by atoms with Crippen LogP contribution in [0.15, 0.2) is 22.3 Å². The monoisotopic (exact) mass is 180 g/mol. The van der Waals surface area contributed by atoms with Crippen molar-refractivity contribution in [3.05, 3.63) is 12.3 Å². The molecule has 13 heavy (non-hydrogen) atoms. The molecular formula is C11H20N2. The van der Waals surface area contributed by atoms with Crippen molar-refractivity contribution < 1.29 is 0 Å². The van der Waals surface area contributed by atoms with E-state index >= 15 is 0 Å². The van der Waals surface area contributed by atoms with E-state index in [1.165, 1.54) is 0 Å². The second-order valence-corrected chi connectivity index (χ2v) is 4.10. The second kappa shape index (κ2) is 4.95. The molecule has 0 aliphatic heterocycles. The van der Waals surface area contributed by atoms with Crippen LogP contribution < -0.4 is 0 Å². The Balaban J connectivity index is 4.30. The van der Waals surface area contributed by atoms with Gasteiger partial charge in [-0.05, 0) is 34.1 Å². The summed E-state index contributed by atoms with van der Waals surface area (Å²) in [5.74, 6) is 0. The summed E-state index contributed by atoms with van der Waals surface area (Å²) in [6.07, 6.45) is 2.70. The molecule has 2 nitrogen and oxygen atoms in total. The molecule has 0 unspecified atom stereocenters. The van der Waals surface area contributed by atoms with E-state index in [9.17, 15) is 0 Å². The van der Waals surface area contributed by atoms with Crippen molar-refractivity contribution in [3.63, 3.8) is 0 Å². The fourth-order valence-corrected chi connectivity index (χ4v) is 0.644. The second-order valence-electron chi connectivity index (χ2n) is 4.10. The zero-order valence-corrected chi connectivity index (χ0v) is 9.39. The average Bonchev–Trinajstić information content (AvgIpc) is 1.99. The van der Waals surface area contributed by atoms with Gasteiger partial charge in [-0.2, -0.15) is 0 Å². The van der Waals surface area contributed by atoms with Crippen LogP contribution in [0.2, 0.25) is 0 Å². The van der Waals surface area contributed by atoms with Crippen LogP contribution in [0.5, 0.6) is 0 Å². The molecule has 0 aromatic carbocycles. The Morgan fingerprint density at radius 1 is 1.38 bits per heavy atom. The molecule has 0 aromatic heterocycles. The van der Waals surface area contributed by atoms with E-state index in [0.29, 0.717) is 0 Å². The first-order valence-electron chi connectivity index (χ1n) is 4.63. The van der Waals surface area contributed by atoms with Gasteiger partial charge in [0.1, 0.15) is 0 Å². The van der Waals surface area contributed by atoms with Crippen molar-refractivity contribution in [2.24, 2.45) is 9.98 Å². The van der Waals surface area contributed by atoms with E-state index < -0.39 is 0 Å². The summed E-state index contributed by atoms with van der Waals surface area (Å²) >= 11 is 0. The van der Waals surface area contributed by atoms with Crippen LogP contribution >= 0.6 is 0 Å². The van der Waals surface area contributed by atoms with Crippen LogP contribution in [0, 0.1) is 0 Å². The lowest BCUT2D eigenvalue weighted by Gasteiger charge is -2.10. The molecule has 0 heterocycles. The Bertz CT molecular complexity index is 229. The quantitative estimate of drug-likeness (QED) is 0.596. The molecule has 0 aliphatic carbocycles. The molecule has 0 radical (unpaired) electrons. The van der Waals surface area contributed by atoms with Crippen molar-refractivity contribution in [1.82, 2.24) is 0 Å². The maximum absolute atomic E-state index is 4.35. The number of aliphatic imine (C=N–C) groups is 2. The highest BCUT2D eigenvalue weighted by Crippen LogP contribution is 2.05. The first-order valence-corrected chi connectivity index (χ1v) is 4.63. The zero-order valence-electron chi connectivity index (χ0n) is 9.39. The van der Waals surface area contributed by atoms with E-state index in [1.54, 1.807) is 6.21 Å². The normalized spacial score (nSPS) is 13.8. The smallest absolute Gasteiger partial charge is 0.0553 e. The minimum absolute atomic E-state index is 0.0235. The fraction of sp³-hybridized carbons (Fsp3) is 0.636. The molecule has 0 N–H and O–H groups in total. The van der Waals surface area contributed by atoms with Crippen LogP contribution in [0.4, 0.5) is 0 Å². The molecule has 0 saturated carbocycles. The van der Waals surface area contributed by atoms with Gasteiger partial charge in [-0.3, -0.25) is 9.98 Å². The molecule has 0 aromatic rings. The summed E-state index contributed by atoms with van der Waals surface area (Å²) in [4.78, 5) is 8.62. The Morgan fingerprint density at radius 2 is 1.92 bits per heavy atom. The molecule has 0 rings (SSSR count). The molecule has 0 spiro atoms. The molecule has 0 amide bonds. The van der Waals surface area contributed by atoms with Crippen LogP contribution in [-0.2, 0) is 0 Å². The number of hydrogen-bond acceptors (Lipinski definition) is 2. The molecule has 0 aliphatic rings. The van der Waals surface area contributed by atoms with Crippen LogP contribution in [-0.4, -0.2) is 17.5 Å². The van der Waals surface area contributed by atoms with Crippen molar-refractivity contribution in [2.45, 2.75) is 46.6 Å². The first-order chi connectivity index (χ1) is 5.85. The van der Waals surface area contributed by atoms with Crippen LogP contribution in [0.25, 0.3) is 0 Å². The SMILES string of the molecule is C=C(CC)/N=C(C)\C=N/C(C)(C)C. The zero-order chi connectivity index (χ0) is 10.5. The molecule has 0 atom stereocenters. The summed E-state index contributed by atoms with van der Waals surface area (Å²) < 4.78 is 0. The van der Waals surface area contributed by atoms with E-state index in [1.807, 2.05) is 13.8 Å². The van der Waals surface area contributed by atoms with Crippen LogP contribution in [0.1, 0.15) is 41.0 Å². The number of rotatable bonds is 3. The highest BCUT2D eigenvalue weighted by molar-refractivity contribution is 6.29. The highest BCUT2D eigenvalue weighted by atomic mass is 14.8. The third-order valence-electron chi connectivity index (χ3n) is 1.38. The molecule has 0 fully saturated rings. The standard InChI is InChI=1S/C11H20N2/c1-7-9(2)13-10(3)8-12-11(4,5)6/h8H,2,7H2,1,3-6H3/b12-8-,13-10-.